The van der Waals surface area contributed by atoms with Gasteiger partial charge in [-0.05, 0) is 35.6 Å². The van der Waals surface area contributed by atoms with E-state index in [9.17, 15) is 13.2 Å². The van der Waals surface area contributed by atoms with Gasteiger partial charge in [0, 0.05) is 5.56 Å². The summed E-state index contributed by atoms with van der Waals surface area (Å²) in [4.78, 5) is 0. The van der Waals surface area contributed by atoms with Crippen LogP contribution >= 0.6 is 0 Å². The van der Waals surface area contributed by atoms with Gasteiger partial charge in [0.1, 0.15) is 5.82 Å². The molecule has 0 heterocycles. The Bertz CT molecular complexity index is 603. The van der Waals surface area contributed by atoms with E-state index in [0.717, 1.165) is 0 Å². The van der Waals surface area contributed by atoms with Crippen LogP contribution in [0.25, 0.3) is 11.1 Å². The molecule has 0 amide bonds. The van der Waals surface area contributed by atoms with Gasteiger partial charge in [-0.3, -0.25) is 0 Å². The maximum absolute atomic E-state index is 14.0. The van der Waals surface area contributed by atoms with Crippen molar-refractivity contribution in [1.82, 2.24) is 0 Å². The summed E-state index contributed by atoms with van der Waals surface area (Å²) in [6.07, 6.45) is 0.990. The van der Waals surface area contributed by atoms with Crippen molar-refractivity contribution in [3.8, 4) is 11.1 Å². The first kappa shape index (κ1) is 13.7. The molecule has 0 aromatic heterocycles. The van der Waals surface area contributed by atoms with E-state index in [2.05, 4.69) is 0 Å². The molecule has 0 radical (unpaired) electrons. The molecule has 100 valence electrons. The highest BCUT2D eigenvalue weighted by Gasteiger charge is 2.14. The Morgan fingerprint density at radius 3 is 2.00 bits per heavy atom. The highest BCUT2D eigenvalue weighted by Crippen LogP contribution is 2.28. The summed E-state index contributed by atoms with van der Waals surface area (Å²) in [5, 5.41) is 0. The summed E-state index contributed by atoms with van der Waals surface area (Å²) >= 11 is 0. The second kappa shape index (κ2) is 5.47. The van der Waals surface area contributed by atoms with Crippen molar-refractivity contribution >= 4 is 0 Å². The van der Waals surface area contributed by atoms with Gasteiger partial charge in [0.2, 0.25) is 0 Å². The summed E-state index contributed by atoms with van der Waals surface area (Å²) in [7, 11) is 0. The summed E-state index contributed by atoms with van der Waals surface area (Å²) in [6, 6.07) is 7.51. The smallest absolute Gasteiger partial charge is 0.166 e. The van der Waals surface area contributed by atoms with Crippen LogP contribution in [-0.4, -0.2) is 0 Å². The maximum atomic E-state index is 14.0. The zero-order valence-electron chi connectivity index (χ0n) is 10.9. The van der Waals surface area contributed by atoms with Crippen molar-refractivity contribution < 1.29 is 13.2 Å². The Balaban J connectivity index is 2.53. The summed E-state index contributed by atoms with van der Waals surface area (Å²) in [5.74, 6) is -2.15. The lowest BCUT2D eigenvalue weighted by molar-refractivity contribution is 0.502. The van der Waals surface area contributed by atoms with Crippen LogP contribution in [0.4, 0.5) is 13.2 Å². The Kier molecular flexibility index (Phi) is 3.93. The quantitative estimate of drug-likeness (QED) is 0.740. The summed E-state index contributed by atoms with van der Waals surface area (Å²) < 4.78 is 41.4. The van der Waals surface area contributed by atoms with E-state index in [1.165, 1.54) is 12.1 Å². The first-order chi connectivity index (χ1) is 9.08. The van der Waals surface area contributed by atoms with Crippen molar-refractivity contribution in [1.29, 1.82) is 0 Å². The van der Waals surface area contributed by atoms with Gasteiger partial charge in [-0.15, -0.1) is 0 Å². The molecule has 0 unspecified atom stereocenters. The maximum Gasteiger partial charge on any atom is 0.166 e. The number of benzene rings is 2. The van der Waals surface area contributed by atoms with E-state index >= 15 is 0 Å². The van der Waals surface area contributed by atoms with Gasteiger partial charge >= 0.3 is 0 Å². The normalized spacial score (nSPS) is 10.8. The van der Waals surface area contributed by atoms with Crippen LogP contribution in [0.2, 0.25) is 0 Å². The molecule has 3 heteroatoms. The first-order valence-corrected chi connectivity index (χ1v) is 6.34. The van der Waals surface area contributed by atoms with Crippen molar-refractivity contribution in [2.24, 2.45) is 0 Å². The van der Waals surface area contributed by atoms with Crippen molar-refractivity contribution in [2.75, 3.05) is 0 Å². The second-order valence-corrected chi connectivity index (χ2v) is 4.41. The molecular formula is C16H15F3. The minimum atomic E-state index is -0.914. The molecule has 0 nitrogen and oxygen atoms in total. The molecule has 2 rings (SSSR count). The third kappa shape index (κ3) is 2.50. The molecule has 0 aliphatic heterocycles. The number of halogens is 3. The fourth-order valence-corrected chi connectivity index (χ4v) is 2.09. The zero-order valence-corrected chi connectivity index (χ0v) is 10.9. The molecule has 2 aromatic rings. The Labute approximate surface area is 110 Å². The van der Waals surface area contributed by atoms with E-state index in [1.807, 2.05) is 6.92 Å². The number of hydrogen-bond donors (Lipinski definition) is 0. The highest BCUT2D eigenvalue weighted by molar-refractivity contribution is 5.65. The lowest BCUT2D eigenvalue weighted by Crippen LogP contribution is -1.97. The molecule has 0 saturated heterocycles. The predicted octanol–water partition coefficient (Wildman–Crippen LogP) is 4.90. The van der Waals surface area contributed by atoms with Gasteiger partial charge in [-0.1, -0.05) is 38.1 Å². The van der Waals surface area contributed by atoms with Crippen LogP contribution in [0.5, 0.6) is 0 Å². The summed E-state index contributed by atoms with van der Waals surface area (Å²) in [5.41, 5.74) is 1.34. The van der Waals surface area contributed by atoms with Gasteiger partial charge in [0.15, 0.2) is 11.6 Å². The molecule has 0 bridgehead atoms. The molecule has 0 N–H and O–H groups in total. The van der Waals surface area contributed by atoms with E-state index in [0.29, 0.717) is 29.5 Å². The van der Waals surface area contributed by atoms with Crippen LogP contribution in [0.1, 0.15) is 25.0 Å². The zero-order chi connectivity index (χ0) is 14.0. The number of aryl methyl sites for hydroxylation is 2. The fraction of sp³-hybridized carbons (Fsp3) is 0.250. The Hall–Kier alpha value is -1.77. The average Bonchev–Trinajstić information content (AvgIpc) is 2.41. The lowest BCUT2D eigenvalue weighted by Gasteiger charge is -2.09. The van der Waals surface area contributed by atoms with Gasteiger partial charge < -0.3 is 0 Å². The predicted molar refractivity (Wildman–Crippen MR) is 70.5 cm³/mol. The second-order valence-electron chi connectivity index (χ2n) is 4.41. The molecule has 2 aromatic carbocycles. The van der Waals surface area contributed by atoms with Gasteiger partial charge in [0.05, 0.1) is 0 Å². The SMILES string of the molecule is CCc1ccc(-c2ccc(CC)c(F)c2F)cc1F. The van der Waals surface area contributed by atoms with Crippen LogP contribution in [0, 0.1) is 17.5 Å². The molecule has 0 fully saturated rings. The van der Waals surface area contributed by atoms with Crippen LogP contribution in [0.15, 0.2) is 30.3 Å². The van der Waals surface area contributed by atoms with Gasteiger partial charge in [-0.25, -0.2) is 13.2 Å². The minimum absolute atomic E-state index is 0.0938. The standard InChI is InChI=1S/C16H15F3/c1-3-10-5-6-12(9-14(10)17)13-8-7-11(4-2)15(18)16(13)19/h5-9H,3-4H2,1-2H3. The monoisotopic (exact) mass is 264 g/mol. The first-order valence-electron chi connectivity index (χ1n) is 6.34. The lowest BCUT2D eigenvalue weighted by atomic mass is 9.99. The number of hydrogen-bond acceptors (Lipinski definition) is 0. The van der Waals surface area contributed by atoms with Crippen molar-refractivity contribution in [2.45, 2.75) is 26.7 Å². The van der Waals surface area contributed by atoms with Crippen LogP contribution in [-0.2, 0) is 12.8 Å². The molecule has 0 atom stereocenters. The van der Waals surface area contributed by atoms with Crippen LogP contribution in [0.3, 0.4) is 0 Å². The Morgan fingerprint density at radius 2 is 1.42 bits per heavy atom. The third-order valence-electron chi connectivity index (χ3n) is 3.29. The largest absolute Gasteiger partial charge is 0.207 e. The van der Waals surface area contributed by atoms with Crippen LogP contribution < -0.4 is 0 Å². The fourth-order valence-electron chi connectivity index (χ4n) is 2.09. The van der Waals surface area contributed by atoms with E-state index in [1.54, 1.807) is 25.1 Å². The number of rotatable bonds is 3. The molecule has 0 spiro atoms. The van der Waals surface area contributed by atoms with Gasteiger partial charge in [-0.2, -0.15) is 0 Å². The highest BCUT2D eigenvalue weighted by atomic mass is 19.2. The molecule has 0 aliphatic carbocycles. The van der Waals surface area contributed by atoms with E-state index in [4.69, 9.17) is 0 Å². The molecular weight excluding hydrogens is 249 g/mol. The van der Waals surface area contributed by atoms with E-state index in [-0.39, 0.29) is 11.4 Å². The molecule has 19 heavy (non-hydrogen) atoms. The minimum Gasteiger partial charge on any atom is -0.207 e. The van der Waals surface area contributed by atoms with Crippen molar-refractivity contribution in [3.63, 3.8) is 0 Å². The van der Waals surface area contributed by atoms with Gasteiger partial charge in [0.25, 0.3) is 0 Å². The molecule has 0 aliphatic rings. The molecule has 0 saturated carbocycles. The summed E-state index contributed by atoms with van der Waals surface area (Å²) in [6.45, 7) is 3.60. The topological polar surface area (TPSA) is 0 Å². The Morgan fingerprint density at radius 1 is 0.789 bits per heavy atom. The van der Waals surface area contributed by atoms with E-state index < -0.39 is 11.6 Å². The third-order valence-corrected chi connectivity index (χ3v) is 3.29. The van der Waals surface area contributed by atoms with Crippen molar-refractivity contribution in [3.05, 3.63) is 58.9 Å². The average molecular weight is 264 g/mol.